The van der Waals surface area contributed by atoms with E-state index in [9.17, 15) is 0 Å². The molecule has 0 bridgehead atoms. The van der Waals surface area contributed by atoms with Gasteiger partial charge in [0.2, 0.25) is 0 Å². The van der Waals surface area contributed by atoms with Gasteiger partial charge in [-0.1, -0.05) is 29.8 Å². The summed E-state index contributed by atoms with van der Waals surface area (Å²) in [5.74, 6) is 0.866. The van der Waals surface area contributed by atoms with E-state index in [0.717, 1.165) is 17.3 Å². The van der Waals surface area contributed by atoms with Crippen LogP contribution in [0.3, 0.4) is 0 Å². The maximum absolute atomic E-state index is 3.60. The molecule has 1 aliphatic rings. The van der Waals surface area contributed by atoms with Crippen LogP contribution in [-0.2, 0) is 0 Å². The second-order valence-electron chi connectivity index (χ2n) is 4.52. The molecule has 1 saturated heterocycles. The fourth-order valence-electron chi connectivity index (χ4n) is 2.07. The molecule has 2 heteroatoms. The van der Waals surface area contributed by atoms with Gasteiger partial charge in [-0.15, -0.1) is 0 Å². The maximum atomic E-state index is 3.60. The number of hydrogen-bond acceptors (Lipinski definition) is 1. The molecule has 78 valence electrons. The standard InChI is InChI=1S/C11H22BrN/c1-10(2)5-3-7-13-8-4-6-11(13)9-12/h10-11H,3-9H2,1-2H3. The Morgan fingerprint density at radius 3 is 2.85 bits per heavy atom. The van der Waals surface area contributed by atoms with E-state index in [1.807, 2.05) is 0 Å². The quantitative estimate of drug-likeness (QED) is 0.675. The summed E-state index contributed by atoms with van der Waals surface area (Å²) >= 11 is 3.60. The average Bonchev–Trinajstić information content (AvgIpc) is 2.51. The topological polar surface area (TPSA) is 3.24 Å². The fourth-order valence-corrected chi connectivity index (χ4v) is 2.80. The third-order valence-electron chi connectivity index (χ3n) is 2.90. The number of nitrogens with zero attached hydrogens (tertiary/aromatic N) is 1. The smallest absolute Gasteiger partial charge is 0.0193 e. The lowest BCUT2D eigenvalue weighted by molar-refractivity contribution is 0.262. The van der Waals surface area contributed by atoms with E-state index in [1.54, 1.807) is 0 Å². The number of alkyl halides is 1. The Morgan fingerprint density at radius 1 is 1.46 bits per heavy atom. The number of rotatable bonds is 5. The highest BCUT2D eigenvalue weighted by molar-refractivity contribution is 9.09. The summed E-state index contributed by atoms with van der Waals surface area (Å²) in [6.45, 7) is 7.26. The second-order valence-corrected chi connectivity index (χ2v) is 5.17. The molecule has 0 aliphatic carbocycles. The molecule has 0 radical (unpaired) electrons. The number of likely N-dealkylation sites (tertiary alicyclic amines) is 1. The van der Waals surface area contributed by atoms with Crippen molar-refractivity contribution in [3.05, 3.63) is 0 Å². The number of hydrogen-bond donors (Lipinski definition) is 0. The molecular weight excluding hydrogens is 226 g/mol. The first-order chi connectivity index (χ1) is 6.24. The minimum Gasteiger partial charge on any atom is -0.300 e. The van der Waals surface area contributed by atoms with E-state index in [4.69, 9.17) is 0 Å². The summed E-state index contributed by atoms with van der Waals surface area (Å²) in [4.78, 5) is 2.65. The van der Waals surface area contributed by atoms with Crippen molar-refractivity contribution in [1.29, 1.82) is 0 Å². The van der Waals surface area contributed by atoms with E-state index in [0.29, 0.717) is 0 Å². The van der Waals surface area contributed by atoms with Crippen molar-refractivity contribution in [3.63, 3.8) is 0 Å². The van der Waals surface area contributed by atoms with Gasteiger partial charge in [0, 0.05) is 11.4 Å². The van der Waals surface area contributed by atoms with Crippen LogP contribution in [0.5, 0.6) is 0 Å². The Hall–Kier alpha value is 0.440. The van der Waals surface area contributed by atoms with Crippen molar-refractivity contribution in [2.24, 2.45) is 5.92 Å². The minimum absolute atomic E-state index is 0.826. The fraction of sp³-hybridized carbons (Fsp3) is 1.00. The molecule has 13 heavy (non-hydrogen) atoms. The van der Waals surface area contributed by atoms with Gasteiger partial charge in [0.25, 0.3) is 0 Å². The van der Waals surface area contributed by atoms with Gasteiger partial charge in [0.1, 0.15) is 0 Å². The van der Waals surface area contributed by atoms with E-state index < -0.39 is 0 Å². The van der Waals surface area contributed by atoms with Crippen LogP contribution in [0, 0.1) is 5.92 Å². The van der Waals surface area contributed by atoms with Crippen molar-refractivity contribution in [3.8, 4) is 0 Å². The Bertz CT molecular complexity index is 136. The molecule has 0 aromatic carbocycles. The maximum Gasteiger partial charge on any atom is 0.0193 e. The van der Waals surface area contributed by atoms with Gasteiger partial charge in [0.05, 0.1) is 0 Å². The molecule has 0 saturated carbocycles. The monoisotopic (exact) mass is 247 g/mol. The molecule has 1 nitrogen and oxygen atoms in total. The lowest BCUT2D eigenvalue weighted by atomic mass is 10.1. The van der Waals surface area contributed by atoms with Gasteiger partial charge in [-0.25, -0.2) is 0 Å². The lowest BCUT2D eigenvalue weighted by Gasteiger charge is -2.22. The van der Waals surface area contributed by atoms with Gasteiger partial charge in [-0.3, -0.25) is 4.90 Å². The zero-order chi connectivity index (χ0) is 9.68. The Kier molecular flexibility index (Phi) is 5.34. The summed E-state index contributed by atoms with van der Waals surface area (Å²) < 4.78 is 0. The van der Waals surface area contributed by atoms with Crippen LogP contribution in [0.2, 0.25) is 0 Å². The van der Waals surface area contributed by atoms with Crippen LogP contribution >= 0.6 is 15.9 Å². The van der Waals surface area contributed by atoms with Crippen molar-refractivity contribution < 1.29 is 0 Å². The van der Waals surface area contributed by atoms with Crippen LogP contribution in [0.4, 0.5) is 0 Å². The molecule has 0 aromatic heterocycles. The highest BCUT2D eigenvalue weighted by atomic mass is 79.9. The van der Waals surface area contributed by atoms with E-state index in [2.05, 4.69) is 34.7 Å². The third-order valence-corrected chi connectivity index (χ3v) is 3.65. The van der Waals surface area contributed by atoms with Crippen LogP contribution in [0.1, 0.15) is 39.5 Å². The largest absolute Gasteiger partial charge is 0.300 e. The summed E-state index contributed by atoms with van der Waals surface area (Å²) in [5, 5.41) is 1.16. The SMILES string of the molecule is CC(C)CCCN1CCCC1CBr. The molecule has 1 fully saturated rings. The minimum atomic E-state index is 0.826. The summed E-state index contributed by atoms with van der Waals surface area (Å²) in [6.07, 6.45) is 5.55. The van der Waals surface area contributed by atoms with Crippen molar-refractivity contribution in [2.45, 2.75) is 45.6 Å². The molecule has 1 rings (SSSR count). The van der Waals surface area contributed by atoms with Gasteiger partial charge in [-0.05, 0) is 44.7 Å². The predicted octanol–water partition coefficient (Wildman–Crippen LogP) is 3.28. The molecule has 0 aromatic rings. The molecule has 1 aliphatic heterocycles. The van der Waals surface area contributed by atoms with Crippen LogP contribution in [0.15, 0.2) is 0 Å². The zero-order valence-corrected chi connectivity index (χ0v) is 10.5. The highest BCUT2D eigenvalue weighted by Gasteiger charge is 2.22. The molecule has 0 spiro atoms. The molecule has 1 heterocycles. The summed E-state index contributed by atoms with van der Waals surface area (Å²) in [6, 6.07) is 0.826. The van der Waals surface area contributed by atoms with Crippen LogP contribution < -0.4 is 0 Å². The molecule has 0 amide bonds. The van der Waals surface area contributed by atoms with E-state index >= 15 is 0 Å². The van der Waals surface area contributed by atoms with Crippen molar-refractivity contribution >= 4 is 15.9 Å². The second kappa shape index (κ2) is 6.02. The van der Waals surface area contributed by atoms with Gasteiger partial charge in [0.15, 0.2) is 0 Å². The third kappa shape index (κ3) is 3.99. The Labute approximate surface area is 91.0 Å². The van der Waals surface area contributed by atoms with Crippen LogP contribution in [-0.4, -0.2) is 29.4 Å². The predicted molar refractivity (Wildman–Crippen MR) is 62.5 cm³/mol. The normalized spacial score (nSPS) is 24.5. The number of halogens is 1. The Balaban J connectivity index is 2.13. The first-order valence-electron chi connectivity index (χ1n) is 5.54. The van der Waals surface area contributed by atoms with Crippen LogP contribution in [0.25, 0.3) is 0 Å². The molecular formula is C11H22BrN. The van der Waals surface area contributed by atoms with E-state index in [-0.39, 0.29) is 0 Å². The molecule has 1 atom stereocenters. The van der Waals surface area contributed by atoms with Gasteiger partial charge in [-0.2, -0.15) is 0 Å². The Morgan fingerprint density at radius 2 is 2.23 bits per heavy atom. The first-order valence-corrected chi connectivity index (χ1v) is 6.66. The first kappa shape index (κ1) is 11.5. The van der Waals surface area contributed by atoms with Gasteiger partial charge < -0.3 is 0 Å². The average molecular weight is 248 g/mol. The zero-order valence-electron chi connectivity index (χ0n) is 8.93. The van der Waals surface area contributed by atoms with Crippen molar-refractivity contribution in [1.82, 2.24) is 4.90 Å². The highest BCUT2D eigenvalue weighted by Crippen LogP contribution is 2.19. The van der Waals surface area contributed by atoms with Crippen molar-refractivity contribution in [2.75, 3.05) is 18.4 Å². The summed E-state index contributed by atoms with van der Waals surface area (Å²) in [5.41, 5.74) is 0. The molecule has 0 N–H and O–H groups in total. The lowest BCUT2D eigenvalue weighted by Crippen LogP contribution is -2.31. The van der Waals surface area contributed by atoms with E-state index in [1.165, 1.54) is 38.8 Å². The molecule has 1 unspecified atom stereocenters. The summed E-state index contributed by atoms with van der Waals surface area (Å²) in [7, 11) is 0. The van der Waals surface area contributed by atoms with Gasteiger partial charge >= 0.3 is 0 Å².